The molecule has 7 N–H and O–H groups in total. The van der Waals surface area contributed by atoms with Gasteiger partial charge in [0, 0.05) is 0 Å². The fourth-order valence-electron chi connectivity index (χ4n) is 0.761. The fourth-order valence-corrected chi connectivity index (χ4v) is 0.761. The fraction of sp³-hybridized carbons (Fsp3) is 0.667. The number of hydrogen-bond acceptors (Lipinski definition) is 5. The highest BCUT2D eigenvalue weighted by Crippen LogP contribution is 1.96. The quantitative estimate of drug-likeness (QED) is 0.285. The summed E-state index contributed by atoms with van der Waals surface area (Å²) in [6.45, 7) is 0.604. The van der Waals surface area contributed by atoms with Crippen LogP contribution in [0.2, 0.25) is 0 Å². The molecule has 0 saturated heterocycles. The Kier molecular flexibility index (Phi) is 11.3. The van der Waals surface area contributed by atoms with Crippen molar-refractivity contribution in [1.82, 2.24) is 0 Å². The zero-order valence-corrected chi connectivity index (χ0v) is 9.33. The number of carbonyl (C=O) groups is 3. The highest BCUT2D eigenvalue weighted by molar-refractivity contribution is 5.88. The molecule has 1 unspecified atom stereocenters. The van der Waals surface area contributed by atoms with Gasteiger partial charge in [0.25, 0.3) is 0 Å². The summed E-state index contributed by atoms with van der Waals surface area (Å²) in [5, 5.41) is 23.7. The van der Waals surface area contributed by atoms with Crippen molar-refractivity contribution in [2.24, 2.45) is 11.5 Å². The molecule has 0 amide bonds. The van der Waals surface area contributed by atoms with E-state index >= 15 is 0 Å². The standard InChI is InChI=1S/C6H14N2O2.C3H4O4/c7-4-2-1-3-5(8)6(9)10;4-2(5)1-3(6)7/h5H,1-4,7-8H2,(H,9,10);1H2,(H,4,5)(H,6,7). The molecule has 0 aliphatic heterocycles. The Morgan fingerprint density at radius 1 is 1.00 bits per heavy atom. The van der Waals surface area contributed by atoms with Gasteiger partial charge in [0.05, 0.1) is 0 Å². The molecule has 0 heterocycles. The molecule has 100 valence electrons. The molecule has 8 heteroatoms. The number of carboxylic acids is 3. The lowest BCUT2D eigenvalue weighted by atomic mass is 10.1. The predicted octanol–water partition coefficient (Wildman–Crippen LogP) is -0.927. The Morgan fingerprint density at radius 3 is 1.71 bits per heavy atom. The van der Waals surface area contributed by atoms with Crippen LogP contribution in [0.25, 0.3) is 0 Å². The predicted molar refractivity (Wildman–Crippen MR) is 58.4 cm³/mol. The summed E-state index contributed by atoms with van der Waals surface area (Å²) >= 11 is 0. The number of rotatable bonds is 7. The summed E-state index contributed by atoms with van der Waals surface area (Å²) in [4.78, 5) is 29.0. The van der Waals surface area contributed by atoms with Crippen molar-refractivity contribution in [1.29, 1.82) is 0 Å². The maximum absolute atomic E-state index is 10.1. The van der Waals surface area contributed by atoms with Crippen LogP contribution in [0.15, 0.2) is 0 Å². The SMILES string of the molecule is NCCCCC(N)C(=O)O.O=C(O)CC(=O)O. The lowest BCUT2D eigenvalue weighted by Gasteiger charge is -2.03. The minimum atomic E-state index is -1.31. The minimum Gasteiger partial charge on any atom is -0.481 e. The first kappa shape index (κ1) is 17.7. The number of unbranched alkanes of at least 4 members (excludes halogenated alkanes) is 1. The molecule has 17 heavy (non-hydrogen) atoms. The summed E-state index contributed by atoms with van der Waals surface area (Å²) in [6, 6.07) is -0.716. The molecule has 0 aromatic rings. The summed E-state index contributed by atoms with van der Waals surface area (Å²) in [7, 11) is 0. The highest BCUT2D eigenvalue weighted by Gasteiger charge is 2.09. The third-order valence-electron chi connectivity index (χ3n) is 1.59. The molecule has 0 aliphatic rings. The van der Waals surface area contributed by atoms with E-state index in [1.165, 1.54) is 0 Å². The second kappa shape index (κ2) is 10.8. The van der Waals surface area contributed by atoms with Gasteiger partial charge in [-0.2, -0.15) is 0 Å². The van der Waals surface area contributed by atoms with Gasteiger partial charge in [0.15, 0.2) is 0 Å². The number of hydrogen-bond donors (Lipinski definition) is 5. The van der Waals surface area contributed by atoms with Gasteiger partial charge in [-0.05, 0) is 19.4 Å². The Labute approximate surface area is 98.2 Å². The van der Waals surface area contributed by atoms with Gasteiger partial charge in [-0.15, -0.1) is 0 Å². The summed E-state index contributed by atoms with van der Waals surface area (Å²) in [5.74, 6) is -3.56. The second-order valence-electron chi connectivity index (χ2n) is 3.19. The maximum Gasteiger partial charge on any atom is 0.320 e. The van der Waals surface area contributed by atoms with E-state index in [-0.39, 0.29) is 0 Å². The highest BCUT2D eigenvalue weighted by atomic mass is 16.4. The van der Waals surface area contributed by atoms with E-state index in [0.29, 0.717) is 13.0 Å². The third kappa shape index (κ3) is 17.0. The van der Waals surface area contributed by atoms with Crippen molar-refractivity contribution in [3.8, 4) is 0 Å². The molecule has 8 nitrogen and oxygen atoms in total. The zero-order valence-electron chi connectivity index (χ0n) is 9.33. The molecule has 0 aliphatic carbocycles. The number of carboxylic acid groups (broad SMARTS) is 3. The molecule has 1 atom stereocenters. The van der Waals surface area contributed by atoms with Gasteiger partial charge in [-0.3, -0.25) is 14.4 Å². The Morgan fingerprint density at radius 2 is 1.47 bits per heavy atom. The van der Waals surface area contributed by atoms with Crippen molar-refractivity contribution in [3.05, 3.63) is 0 Å². The summed E-state index contributed by atoms with van der Waals surface area (Å²) < 4.78 is 0. The monoisotopic (exact) mass is 250 g/mol. The van der Waals surface area contributed by atoms with Crippen LogP contribution < -0.4 is 11.5 Å². The molecule has 0 fully saturated rings. The number of nitrogens with two attached hydrogens (primary N) is 2. The molecule has 0 spiro atoms. The average Bonchev–Trinajstić information content (AvgIpc) is 2.16. The van der Waals surface area contributed by atoms with Gasteiger partial charge in [-0.25, -0.2) is 0 Å². The van der Waals surface area contributed by atoms with Gasteiger partial charge in [0.1, 0.15) is 12.5 Å². The van der Waals surface area contributed by atoms with Crippen LogP contribution >= 0.6 is 0 Å². The van der Waals surface area contributed by atoms with Crippen LogP contribution in [0, 0.1) is 0 Å². The first-order valence-corrected chi connectivity index (χ1v) is 4.93. The number of aliphatic carboxylic acids is 3. The van der Waals surface area contributed by atoms with Crippen molar-refractivity contribution in [3.63, 3.8) is 0 Å². The maximum atomic E-state index is 10.1. The van der Waals surface area contributed by atoms with Crippen molar-refractivity contribution in [2.75, 3.05) is 6.54 Å². The zero-order chi connectivity index (χ0) is 13.8. The second-order valence-corrected chi connectivity index (χ2v) is 3.19. The van der Waals surface area contributed by atoms with Crippen molar-refractivity contribution < 1.29 is 29.7 Å². The van der Waals surface area contributed by atoms with Gasteiger partial charge in [0.2, 0.25) is 0 Å². The van der Waals surface area contributed by atoms with Crippen LogP contribution in [0.3, 0.4) is 0 Å². The molecular weight excluding hydrogens is 232 g/mol. The molecule has 0 rings (SSSR count). The molecule has 0 bridgehead atoms. The molecule has 0 aromatic carbocycles. The van der Waals surface area contributed by atoms with E-state index in [4.69, 9.17) is 26.8 Å². The van der Waals surface area contributed by atoms with Crippen LogP contribution in [-0.2, 0) is 14.4 Å². The molecule has 0 radical (unpaired) electrons. The molecular formula is C9H18N2O6. The largest absolute Gasteiger partial charge is 0.481 e. The Balaban J connectivity index is 0. The van der Waals surface area contributed by atoms with Crippen LogP contribution in [0.1, 0.15) is 25.7 Å². The lowest BCUT2D eigenvalue weighted by molar-refractivity contribution is -0.147. The van der Waals surface area contributed by atoms with Gasteiger partial charge < -0.3 is 26.8 Å². The molecule has 0 saturated carbocycles. The Bertz CT molecular complexity index is 244. The topological polar surface area (TPSA) is 164 Å². The van der Waals surface area contributed by atoms with E-state index < -0.39 is 30.4 Å². The first-order chi connectivity index (χ1) is 7.81. The van der Waals surface area contributed by atoms with Crippen LogP contribution in [0.4, 0.5) is 0 Å². The lowest BCUT2D eigenvalue weighted by Crippen LogP contribution is -2.29. The molecule has 0 aromatic heterocycles. The van der Waals surface area contributed by atoms with Gasteiger partial charge >= 0.3 is 17.9 Å². The van der Waals surface area contributed by atoms with Crippen LogP contribution in [-0.4, -0.2) is 45.8 Å². The average molecular weight is 250 g/mol. The van der Waals surface area contributed by atoms with E-state index in [1.807, 2.05) is 0 Å². The minimum absolute atomic E-state index is 0.520. The smallest absolute Gasteiger partial charge is 0.320 e. The summed E-state index contributed by atoms with van der Waals surface area (Å²) in [5.41, 5.74) is 10.4. The van der Waals surface area contributed by atoms with Crippen LogP contribution in [0.5, 0.6) is 0 Å². The van der Waals surface area contributed by atoms with E-state index in [1.54, 1.807) is 0 Å². The van der Waals surface area contributed by atoms with Crippen molar-refractivity contribution >= 4 is 17.9 Å². The van der Waals surface area contributed by atoms with E-state index in [0.717, 1.165) is 12.8 Å². The van der Waals surface area contributed by atoms with Gasteiger partial charge in [-0.1, -0.05) is 6.42 Å². The van der Waals surface area contributed by atoms with E-state index in [9.17, 15) is 14.4 Å². The third-order valence-corrected chi connectivity index (χ3v) is 1.59. The first-order valence-electron chi connectivity index (χ1n) is 4.93. The normalized spacial score (nSPS) is 10.9. The van der Waals surface area contributed by atoms with E-state index in [2.05, 4.69) is 0 Å². The Hall–Kier alpha value is -1.67. The summed E-state index contributed by atoms with van der Waals surface area (Å²) in [6.07, 6.45) is 1.36. The van der Waals surface area contributed by atoms with Crippen molar-refractivity contribution in [2.45, 2.75) is 31.7 Å².